The summed E-state index contributed by atoms with van der Waals surface area (Å²) >= 11 is 0. The lowest BCUT2D eigenvalue weighted by Gasteiger charge is -2.29. The molecular weight excluding hydrogens is 350 g/mol. The average Bonchev–Trinajstić information content (AvgIpc) is 2.77. The maximum absolute atomic E-state index is 12.7. The number of aromatic nitrogens is 3. The van der Waals surface area contributed by atoms with Gasteiger partial charge in [0.15, 0.2) is 0 Å². The van der Waals surface area contributed by atoms with E-state index in [9.17, 15) is 4.79 Å². The lowest BCUT2D eigenvalue weighted by atomic mass is 10.0. The number of nitrogens with one attached hydrogen (secondary N) is 1. The third kappa shape index (κ3) is 4.17. The average molecular weight is 373 g/mol. The Morgan fingerprint density at radius 3 is 2.82 bits per heavy atom. The van der Waals surface area contributed by atoms with Gasteiger partial charge in [0.1, 0.15) is 12.1 Å². The van der Waals surface area contributed by atoms with Crippen LogP contribution in [0.25, 0.3) is 0 Å². The number of hydrogen-bond donors (Lipinski definition) is 1. The van der Waals surface area contributed by atoms with E-state index in [1.807, 2.05) is 11.0 Å². The standard InChI is InChI=1S/C22H23N5O/c28-22(18-9-5-11-23-14-18)27-13-10-19-20(15-27)25-16-26-21(19)24-12-4-8-17-6-2-1-3-7-17/h1-3,5-7,9,11,14,16H,4,8,10,12-13,15H2,(H,24,25,26). The van der Waals surface area contributed by atoms with Crippen LogP contribution in [0.5, 0.6) is 0 Å². The number of aryl methyl sites for hydroxylation is 1. The molecule has 142 valence electrons. The molecule has 28 heavy (non-hydrogen) atoms. The first-order valence-electron chi connectivity index (χ1n) is 9.61. The Bertz CT molecular complexity index is 930. The third-order valence-electron chi connectivity index (χ3n) is 4.98. The number of rotatable bonds is 6. The largest absolute Gasteiger partial charge is 0.370 e. The number of hydrogen-bond acceptors (Lipinski definition) is 5. The predicted octanol–water partition coefficient (Wildman–Crippen LogP) is 3.11. The molecule has 0 saturated heterocycles. The zero-order chi connectivity index (χ0) is 19.2. The van der Waals surface area contributed by atoms with Crippen LogP contribution in [-0.4, -0.2) is 38.8 Å². The Kier molecular flexibility index (Phi) is 5.56. The molecule has 1 aromatic carbocycles. The van der Waals surface area contributed by atoms with Crippen molar-refractivity contribution in [1.29, 1.82) is 0 Å². The maximum atomic E-state index is 12.7. The quantitative estimate of drug-likeness (QED) is 0.672. The molecule has 1 amide bonds. The molecule has 2 aromatic heterocycles. The summed E-state index contributed by atoms with van der Waals surface area (Å²) in [5.41, 5.74) is 4.00. The molecule has 6 nitrogen and oxygen atoms in total. The van der Waals surface area contributed by atoms with Gasteiger partial charge in [-0.25, -0.2) is 9.97 Å². The highest BCUT2D eigenvalue weighted by Crippen LogP contribution is 2.23. The van der Waals surface area contributed by atoms with Crippen LogP contribution in [-0.2, 0) is 19.4 Å². The van der Waals surface area contributed by atoms with E-state index in [2.05, 4.69) is 44.5 Å². The minimum atomic E-state index is -0.00488. The maximum Gasteiger partial charge on any atom is 0.255 e. The molecule has 0 fully saturated rings. The summed E-state index contributed by atoms with van der Waals surface area (Å²) in [6, 6.07) is 14.1. The highest BCUT2D eigenvalue weighted by molar-refractivity contribution is 5.94. The topological polar surface area (TPSA) is 71.0 Å². The molecule has 1 N–H and O–H groups in total. The fourth-order valence-electron chi connectivity index (χ4n) is 3.50. The van der Waals surface area contributed by atoms with Crippen molar-refractivity contribution in [2.75, 3.05) is 18.4 Å². The summed E-state index contributed by atoms with van der Waals surface area (Å²) < 4.78 is 0. The van der Waals surface area contributed by atoms with Gasteiger partial charge in [-0.1, -0.05) is 30.3 Å². The van der Waals surface area contributed by atoms with Gasteiger partial charge in [-0.2, -0.15) is 0 Å². The Hall–Kier alpha value is -3.28. The Labute approximate surface area is 164 Å². The van der Waals surface area contributed by atoms with E-state index in [-0.39, 0.29) is 5.91 Å². The molecule has 0 radical (unpaired) electrons. The van der Waals surface area contributed by atoms with Gasteiger partial charge in [-0.05, 0) is 37.0 Å². The van der Waals surface area contributed by atoms with Gasteiger partial charge < -0.3 is 10.2 Å². The minimum Gasteiger partial charge on any atom is -0.370 e. The van der Waals surface area contributed by atoms with Crippen LogP contribution >= 0.6 is 0 Å². The van der Waals surface area contributed by atoms with Crippen molar-refractivity contribution in [3.63, 3.8) is 0 Å². The number of amides is 1. The molecule has 0 spiro atoms. The number of carbonyl (C=O) groups is 1. The molecule has 1 aliphatic heterocycles. The van der Waals surface area contributed by atoms with E-state index in [0.717, 1.165) is 42.9 Å². The zero-order valence-corrected chi connectivity index (χ0v) is 15.7. The van der Waals surface area contributed by atoms with Gasteiger partial charge in [-0.15, -0.1) is 0 Å². The molecule has 3 aromatic rings. The van der Waals surface area contributed by atoms with E-state index >= 15 is 0 Å². The molecule has 0 saturated carbocycles. The normalized spacial score (nSPS) is 13.1. The molecule has 4 rings (SSSR count). The van der Waals surface area contributed by atoms with Crippen molar-refractivity contribution in [2.45, 2.75) is 25.8 Å². The number of anilines is 1. The molecule has 3 heterocycles. The van der Waals surface area contributed by atoms with Crippen molar-refractivity contribution in [3.05, 3.63) is 83.6 Å². The van der Waals surface area contributed by atoms with Crippen molar-refractivity contribution < 1.29 is 4.79 Å². The van der Waals surface area contributed by atoms with Crippen LogP contribution in [0.3, 0.4) is 0 Å². The lowest BCUT2D eigenvalue weighted by Crippen LogP contribution is -2.37. The van der Waals surface area contributed by atoms with Gasteiger partial charge in [0, 0.05) is 31.0 Å². The van der Waals surface area contributed by atoms with Gasteiger partial charge in [0.25, 0.3) is 5.91 Å². The van der Waals surface area contributed by atoms with Gasteiger partial charge in [-0.3, -0.25) is 9.78 Å². The fourth-order valence-corrected chi connectivity index (χ4v) is 3.50. The van der Waals surface area contributed by atoms with Crippen molar-refractivity contribution in [1.82, 2.24) is 19.9 Å². The van der Waals surface area contributed by atoms with Crippen LogP contribution in [0.4, 0.5) is 5.82 Å². The van der Waals surface area contributed by atoms with Crippen LogP contribution in [0.15, 0.2) is 61.2 Å². The summed E-state index contributed by atoms with van der Waals surface area (Å²) in [6.07, 6.45) is 7.69. The summed E-state index contributed by atoms with van der Waals surface area (Å²) in [5, 5.41) is 3.45. The summed E-state index contributed by atoms with van der Waals surface area (Å²) in [6.45, 7) is 2.02. The van der Waals surface area contributed by atoms with Crippen molar-refractivity contribution in [3.8, 4) is 0 Å². The van der Waals surface area contributed by atoms with Crippen molar-refractivity contribution >= 4 is 11.7 Å². The van der Waals surface area contributed by atoms with Gasteiger partial charge >= 0.3 is 0 Å². The second kappa shape index (κ2) is 8.61. The van der Waals surface area contributed by atoms with E-state index in [1.165, 1.54) is 5.56 Å². The smallest absolute Gasteiger partial charge is 0.255 e. The first-order chi connectivity index (χ1) is 13.8. The van der Waals surface area contributed by atoms with Crippen LogP contribution < -0.4 is 5.32 Å². The first-order valence-corrected chi connectivity index (χ1v) is 9.61. The molecule has 0 bridgehead atoms. The van der Waals surface area contributed by atoms with E-state index in [4.69, 9.17) is 0 Å². The predicted molar refractivity (Wildman–Crippen MR) is 108 cm³/mol. The van der Waals surface area contributed by atoms with Gasteiger partial charge in [0.2, 0.25) is 0 Å². The number of pyridine rings is 1. The number of fused-ring (bicyclic) bond motifs is 1. The third-order valence-corrected chi connectivity index (χ3v) is 4.98. The van der Waals surface area contributed by atoms with Crippen molar-refractivity contribution in [2.24, 2.45) is 0 Å². The van der Waals surface area contributed by atoms with E-state index < -0.39 is 0 Å². The van der Waals surface area contributed by atoms with Crippen LogP contribution in [0, 0.1) is 0 Å². The minimum absolute atomic E-state index is 0.00488. The fraction of sp³-hybridized carbons (Fsp3) is 0.273. The van der Waals surface area contributed by atoms with E-state index in [1.54, 1.807) is 30.9 Å². The monoisotopic (exact) mass is 373 g/mol. The summed E-state index contributed by atoms with van der Waals surface area (Å²) in [5.74, 6) is 0.890. The molecule has 6 heteroatoms. The second-order valence-electron chi connectivity index (χ2n) is 6.88. The highest BCUT2D eigenvalue weighted by atomic mass is 16.2. The lowest BCUT2D eigenvalue weighted by molar-refractivity contribution is 0.0731. The summed E-state index contributed by atoms with van der Waals surface area (Å²) in [7, 11) is 0. The number of benzene rings is 1. The summed E-state index contributed by atoms with van der Waals surface area (Å²) in [4.78, 5) is 27.4. The molecular formula is C22H23N5O. The SMILES string of the molecule is O=C(c1cccnc1)N1CCc2c(ncnc2NCCCc2ccccc2)C1. The van der Waals surface area contributed by atoms with Crippen LogP contribution in [0.2, 0.25) is 0 Å². The van der Waals surface area contributed by atoms with Crippen LogP contribution in [0.1, 0.15) is 33.6 Å². The molecule has 0 unspecified atom stereocenters. The first kappa shape index (κ1) is 18.1. The number of nitrogens with zero attached hydrogens (tertiary/aromatic N) is 4. The molecule has 0 aliphatic carbocycles. The second-order valence-corrected chi connectivity index (χ2v) is 6.88. The Morgan fingerprint density at radius 1 is 1.11 bits per heavy atom. The van der Waals surface area contributed by atoms with E-state index in [0.29, 0.717) is 18.7 Å². The molecule has 0 atom stereocenters. The van der Waals surface area contributed by atoms with Gasteiger partial charge in [0.05, 0.1) is 17.8 Å². The Balaban J connectivity index is 1.37. The zero-order valence-electron chi connectivity index (χ0n) is 15.7. The number of carbonyl (C=O) groups excluding carboxylic acids is 1. The highest BCUT2D eigenvalue weighted by Gasteiger charge is 2.25. The Morgan fingerprint density at radius 2 is 2.00 bits per heavy atom. The molecule has 1 aliphatic rings.